The summed E-state index contributed by atoms with van der Waals surface area (Å²) in [7, 11) is 0. The van der Waals surface area contributed by atoms with E-state index in [1.807, 2.05) is 53.4 Å². The molecule has 0 aliphatic rings. The highest BCUT2D eigenvalue weighted by atomic mass is 16.3. The van der Waals surface area contributed by atoms with Crippen LogP contribution in [-0.4, -0.2) is 16.2 Å². The van der Waals surface area contributed by atoms with Gasteiger partial charge in [0.25, 0.3) is 0 Å². The number of nitrogens with two attached hydrogens (primary N) is 1. The molecule has 0 radical (unpaired) electrons. The van der Waals surface area contributed by atoms with E-state index in [0.717, 1.165) is 11.3 Å². The van der Waals surface area contributed by atoms with Crippen LogP contribution in [0.15, 0.2) is 48.8 Å². The van der Waals surface area contributed by atoms with Crippen LogP contribution in [0.3, 0.4) is 0 Å². The van der Waals surface area contributed by atoms with E-state index in [-0.39, 0.29) is 6.54 Å². The molecule has 78 valence electrons. The Balaban J connectivity index is 2.47. The second-order valence-electron chi connectivity index (χ2n) is 3.40. The summed E-state index contributed by atoms with van der Waals surface area (Å²) < 4.78 is 1.97. The van der Waals surface area contributed by atoms with Crippen LogP contribution in [0.5, 0.6) is 0 Å². The Morgan fingerprint density at radius 3 is 2.47 bits per heavy atom. The van der Waals surface area contributed by atoms with Gasteiger partial charge in [-0.1, -0.05) is 18.2 Å². The number of aromatic nitrogens is 1. The van der Waals surface area contributed by atoms with Gasteiger partial charge in [0.1, 0.15) is 0 Å². The van der Waals surface area contributed by atoms with Gasteiger partial charge < -0.3 is 15.4 Å². The number of hydrogen-bond acceptors (Lipinski definition) is 2. The van der Waals surface area contributed by atoms with E-state index in [4.69, 9.17) is 5.73 Å². The van der Waals surface area contributed by atoms with Crippen molar-refractivity contribution < 1.29 is 5.11 Å². The van der Waals surface area contributed by atoms with Crippen molar-refractivity contribution in [2.24, 2.45) is 5.73 Å². The monoisotopic (exact) mass is 202 g/mol. The highest BCUT2D eigenvalue weighted by molar-refractivity contribution is 5.42. The fraction of sp³-hybridized carbons (Fsp3) is 0.167. The zero-order valence-corrected chi connectivity index (χ0v) is 8.38. The minimum atomic E-state index is -0.608. The van der Waals surface area contributed by atoms with E-state index in [1.165, 1.54) is 0 Å². The maximum absolute atomic E-state index is 9.77. The molecule has 0 spiro atoms. The Bertz CT molecular complexity index is 423. The van der Waals surface area contributed by atoms with Crippen LogP contribution in [0, 0.1) is 0 Å². The topological polar surface area (TPSA) is 51.2 Å². The molecule has 0 bridgehead atoms. The first kappa shape index (κ1) is 9.96. The molecular weight excluding hydrogens is 188 g/mol. The molecule has 1 unspecified atom stereocenters. The first-order valence-corrected chi connectivity index (χ1v) is 4.93. The molecule has 0 amide bonds. The van der Waals surface area contributed by atoms with Crippen LogP contribution in [0.1, 0.15) is 11.7 Å². The largest absolute Gasteiger partial charge is 0.387 e. The normalized spacial score (nSPS) is 12.7. The molecule has 1 heterocycles. The van der Waals surface area contributed by atoms with Gasteiger partial charge in [-0.05, 0) is 18.2 Å². The third kappa shape index (κ3) is 1.93. The van der Waals surface area contributed by atoms with Crippen molar-refractivity contribution >= 4 is 0 Å². The van der Waals surface area contributed by atoms with Crippen molar-refractivity contribution in [1.82, 2.24) is 4.57 Å². The molecule has 0 saturated heterocycles. The average molecular weight is 202 g/mol. The Labute approximate surface area is 88.8 Å². The molecule has 0 fully saturated rings. The summed E-state index contributed by atoms with van der Waals surface area (Å²) in [5, 5.41) is 9.77. The SMILES string of the molecule is NCC(O)c1ccccc1-n1cccc1. The van der Waals surface area contributed by atoms with E-state index in [1.54, 1.807) is 0 Å². The third-order valence-corrected chi connectivity index (χ3v) is 2.40. The standard InChI is InChI=1S/C12H14N2O/c13-9-12(15)10-5-1-2-6-11(10)14-7-3-4-8-14/h1-8,12,15H,9,13H2. The van der Waals surface area contributed by atoms with Crippen molar-refractivity contribution in [3.63, 3.8) is 0 Å². The Hall–Kier alpha value is -1.58. The second-order valence-corrected chi connectivity index (χ2v) is 3.40. The van der Waals surface area contributed by atoms with Gasteiger partial charge in [0, 0.05) is 24.5 Å². The van der Waals surface area contributed by atoms with Crippen LogP contribution in [0.4, 0.5) is 0 Å². The molecule has 3 nitrogen and oxygen atoms in total. The second kappa shape index (κ2) is 4.29. The summed E-state index contributed by atoms with van der Waals surface area (Å²) in [4.78, 5) is 0. The molecule has 3 heteroatoms. The van der Waals surface area contributed by atoms with E-state index >= 15 is 0 Å². The summed E-state index contributed by atoms with van der Waals surface area (Å²) in [6.45, 7) is 0.234. The fourth-order valence-corrected chi connectivity index (χ4v) is 1.63. The minimum Gasteiger partial charge on any atom is -0.387 e. The average Bonchev–Trinajstić information content (AvgIpc) is 2.81. The number of aliphatic hydroxyl groups excluding tert-OH is 1. The molecule has 0 saturated carbocycles. The van der Waals surface area contributed by atoms with Crippen LogP contribution < -0.4 is 5.73 Å². The molecule has 1 atom stereocenters. The van der Waals surface area contributed by atoms with Gasteiger partial charge in [0.05, 0.1) is 11.8 Å². The molecule has 3 N–H and O–H groups in total. The lowest BCUT2D eigenvalue weighted by Crippen LogP contribution is -2.13. The predicted molar refractivity (Wildman–Crippen MR) is 59.8 cm³/mol. The van der Waals surface area contributed by atoms with Crippen molar-refractivity contribution in [2.45, 2.75) is 6.10 Å². The minimum absolute atomic E-state index is 0.234. The van der Waals surface area contributed by atoms with Crippen molar-refractivity contribution in [2.75, 3.05) is 6.54 Å². The Kier molecular flexibility index (Phi) is 2.85. The van der Waals surface area contributed by atoms with Gasteiger partial charge in [0.2, 0.25) is 0 Å². The maximum atomic E-state index is 9.77. The van der Waals surface area contributed by atoms with E-state index in [2.05, 4.69) is 0 Å². The fourth-order valence-electron chi connectivity index (χ4n) is 1.63. The highest BCUT2D eigenvalue weighted by Gasteiger charge is 2.10. The zero-order chi connectivity index (χ0) is 10.7. The summed E-state index contributed by atoms with van der Waals surface area (Å²) in [5.74, 6) is 0. The van der Waals surface area contributed by atoms with Crippen LogP contribution >= 0.6 is 0 Å². The first-order valence-electron chi connectivity index (χ1n) is 4.93. The predicted octanol–water partition coefficient (Wildman–Crippen LogP) is 1.47. The van der Waals surface area contributed by atoms with Gasteiger partial charge in [-0.25, -0.2) is 0 Å². The number of rotatable bonds is 3. The third-order valence-electron chi connectivity index (χ3n) is 2.40. The summed E-state index contributed by atoms with van der Waals surface area (Å²) in [5.41, 5.74) is 7.30. The van der Waals surface area contributed by atoms with Crippen molar-refractivity contribution in [3.05, 3.63) is 54.4 Å². The van der Waals surface area contributed by atoms with Crippen LogP contribution in [0.2, 0.25) is 0 Å². The Morgan fingerprint density at radius 1 is 1.13 bits per heavy atom. The first-order chi connectivity index (χ1) is 7.33. The molecule has 0 aliphatic heterocycles. The molecule has 2 rings (SSSR count). The highest BCUT2D eigenvalue weighted by Crippen LogP contribution is 2.20. The smallest absolute Gasteiger partial charge is 0.0932 e. The molecule has 1 aromatic heterocycles. The van der Waals surface area contributed by atoms with Gasteiger partial charge >= 0.3 is 0 Å². The van der Waals surface area contributed by atoms with Gasteiger partial charge in [-0.3, -0.25) is 0 Å². The summed E-state index contributed by atoms with van der Waals surface area (Å²) in [6.07, 6.45) is 3.29. The number of benzene rings is 1. The van der Waals surface area contributed by atoms with Crippen molar-refractivity contribution in [1.29, 1.82) is 0 Å². The van der Waals surface area contributed by atoms with Gasteiger partial charge in [-0.15, -0.1) is 0 Å². The summed E-state index contributed by atoms with van der Waals surface area (Å²) in [6, 6.07) is 11.6. The molecule has 1 aromatic carbocycles. The lowest BCUT2D eigenvalue weighted by atomic mass is 10.1. The van der Waals surface area contributed by atoms with Gasteiger partial charge in [-0.2, -0.15) is 0 Å². The zero-order valence-electron chi connectivity index (χ0n) is 8.38. The number of hydrogen-bond donors (Lipinski definition) is 2. The molecule has 15 heavy (non-hydrogen) atoms. The van der Waals surface area contributed by atoms with Crippen LogP contribution in [0.25, 0.3) is 5.69 Å². The Morgan fingerprint density at radius 2 is 1.80 bits per heavy atom. The van der Waals surface area contributed by atoms with E-state index in [9.17, 15) is 5.11 Å². The molecule has 2 aromatic rings. The molecule has 0 aliphatic carbocycles. The van der Waals surface area contributed by atoms with Crippen LogP contribution in [-0.2, 0) is 0 Å². The maximum Gasteiger partial charge on any atom is 0.0932 e. The number of para-hydroxylation sites is 1. The number of aliphatic hydroxyl groups is 1. The van der Waals surface area contributed by atoms with Crippen molar-refractivity contribution in [3.8, 4) is 5.69 Å². The lowest BCUT2D eigenvalue weighted by molar-refractivity contribution is 0.186. The van der Waals surface area contributed by atoms with E-state index in [0.29, 0.717) is 0 Å². The lowest BCUT2D eigenvalue weighted by Gasteiger charge is -2.14. The van der Waals surface area contributed by atoms with Gasteiger partial charge in [0.15, 0.2) is 0 Å². The quantitative estimate of drug-likeness (QED) is 0.791. The van der Waals surface area contributed by atoms with E-state index < -0.39 is 6.10 Å². The molecular formula is C12H14N2O. The number of nitrogens with zero attached hydrogens (tertiary/aromatic N) is 1. The summed E-state index contributed by atoms with van der Waals surface area (Å²) >= 11 is 0.